The highest BCUT2D eigenvalue weighted by Crippen LogP contribution is 2.65. The van der Waals surface area contributed by atoms with E-state index in [2.05, 4.69) is 0 Å². The number of carbonyl (C=O) groups is 2. The quantitative estimate of drug-likeness (QED) is 0.0482. The summed E-state index contributed by atoms with van der Waals surface area (Å²) >= 11 is 0. The normalized spacial score (nSPS) is 47.2. The van der Waals surface area contributed by atoms with E-state index in [1.165, 1.54) is 24.7 Å². The molecule has 0 radical (unpaired) electrons. The number of aliphatic hydroxyl groups excluding tert-OH is 10. The molecule has 9 aliphatic rings. The van der Waals surface area contributed by atoms with Crippen molar-refractivity contribution >= 4 is 11.9 Å². The molecule has 2 aromatic carbocycles. The van der Waals surface area contributed by atoms with Gasteiger partial charge in [-0.25, -0.2) is 0 Å². The minimum atomic E-state index is -1.82. The number of aromatic hydroxyl groups is 4. The lowest BCUT2D eigenvalue weighted by Crippen LogP contribution is -2.60. The molecule has 0 unspecified atom stereocenters. The maximum atomic E-state index is 15.1. The number of phenols is 4. The fourth-order valence-electron chi connectivity index (χ4n) is 12.7. The molecule has 22 atom stereocenters. The Bertz CT molecular complexity index is 2350. The Morgan fingerprint density at radius 3 is 1.26 bits per heavy atom. The molecule has 0 aromatic heterocycles. The van der Waals surface area contributed by atoms with Gasteiger partial charge in [-0.05, 0) is 47.5 Å². The first-order valence-corrected chi connectivity index (χ1v) is 24.0. The second kappa shape index (κ2) is 18.9. The summed E-state index contributed by atoms with van der Waals surface area (Å²) in [5.41, 5.74) is -2.62. The molecule has 0 bridgehead atoms. The Kier molecular flexibility index (Phi) is 13.1. The van der Waals surface area contributed by atoms with Gasteiger partial charge in [0.2, 0.25) is 12.6 Å². The molecule has 14 N–H and O–H groups in total. The van der Waals surface area contributed by atoms with Gasteiger partial charge >= 0.3 is 11.9 Å². The molecule has 3 saturated carbocycles. The lowest BCUT2D eigenvalue weighted by atomic mass is 9.52. The van der Waals surface area contributed by atoms with Gasteiger partial charge in [-0.2, -0.15) is 0 Å². The highest BCUT2D eigenvalue weighted by Gasteiger charge is 2.79. The van der Waals surface area contributed by atoms with Gasteiger partial charge in [-0.15, -0.1) is 0 Å². The van der Waals surface area contributed by atoms with E-state index in [0.717, 1.165) is 24.3 Å². The predicted molar refractivity (Wildman–Crippen MR) is 233 cm³/mol. The van der Waals surface area contributed by atoms with Gasteiger partial charge in [-0.3, -0.25) is 9.59 Å². The van der Waals surface area contributed by atoms with Crippen molar-refractivity contribution in [1.82, 2.24) is 0 Å². The Balaban J connectivity index is 0.888. The molecular weight excluding hydrogens is 993 g/mol. The van der Waals surface area contributed by atoms with Gasteiger partial charge in [0.25, 0.3) is 0 Å². The first-order chi connectivity index (χ1) is 35.4. The van der Waals surface area contributed by atoms with Crippen LogP contribution >= 0.6 is 0 Å². The van der Waals surface area contributed by atoms with Crippen molar-refractivity contribution in [3.63, 3.8) is 0 Å². The largest absolute Gasteiger partial charge is 0.504 e. The van der Waals surface area contributed by atoms with Crippen LogP contribution in [0.2, 0.25) is 0 Å². The van der Waals surface area contributed by atoms with Gasteiger partial charge in [0.05, 0.1) is 62.6 Å². The van der Waals surface area contributed by atoms with E-state index >= 15 is 9.59 Å². The summed E-state index contributed by atoms with van der Waals surface area (Å²) in [6.45, 7) is -2.79. The molecule has 74 heavy (non-hydrogen) atoms. The number of esters is 2. The van der Waals surface area contributed by atoms with Crippen molar-refractivity contribution in [3.05, 3.63) is 72.2 Å². The summed E-state index contributed by atoms with van der Waals surface area (Å²) in [5, 5.41) is 147. The van der Waals surface area contributed by atoms with Crippen molar-refractivity contribution in [2.24, 2.45) is 35.5 Å². The fourth-order valence-corrected chi connectivity index (χ4v) is 12.7. The van der Waals surface area contributed by atoms with Crippen LogP contribution in [0.5, 0.6) is 23.0 Å². The van der Waals surface area contributed by atoms with Gasteiger partial charge in [-0.1, -0.05) is 12.1 Å². The number of epoxide rings is 2. The van der Waals surface area contributed by atoms with Crippen molar-refractivity contribution in [1.29, 1.82) is 0 Å². The Labute approximate surface area is 418 Å². The average molecular weight is 1050 g/mol. The fraction of sp³-hybridized carbons (Fsp3) is 0.625. The molecular formula is C48H56O26. The summed E-state index contributed by atoms with van der Waals surface area (Å²) in [6.07, 6.45) is -18.2. The Morgan fingerprint density at radius 1 is 0.514 bits per heavy atom. The third-order valence-corrected chi connectivity index (χ3v) is 16.6. The number of fused-ring (bicyclic) bond motifs is 6. The first kappa shape index (κ1) is 51.1. The Morgan fingerprint density at radius 2 is 0.905 bits per heavy atom. The number of ether oxygens (including phenoxy) is 10. The number of hydrogen-bond acceptors (Lipinski definition) is 26. The van der Waals surface area contributed by atoms with E-state index in [9.17, 15) is 71.5 Å². The van der Waals surface area contributed by atoms with Crippen LogP contribution in [-0.4, -0.2) is 219 Å². The van der Waals surface area contributed by atoms with E-state index in [4.69, 9.17) is 47.4 Å². The maximum absolute atomic E-state index is 15.1. The van der Waals surface area contributed by atoms with Crippen molar-refractivity contribution in [3.8, 4) is 23.0 Å². The van der Waals surface area contributed by atoms with Crippen molar-refractivity contribution in [2.45, 2.75) is 121 Å². The van der Waals surface area contributed by atoms with Crippen LogP contribution in [0.1, 0.15) is 23.0 Å². The van der Waals surface area contributed by atoms with Crippen LogP contribution in [0, 0.1) is 35.5 Å². The zero-order valence-electron chi connectivity index (χ0n) is 38.6. The minimum absolute atomic E-state index is 0.148. The predicted octanol–water partition coefficient (Wildman–Crippen LogP) is -4.43. The molecule has 4 saturated heterocycles. The molecule has 6 aliphatic heterocycles. The third-order valence-electron chi connectivity index (χ3n) is 16.6. The third kappa shape index (κ3) is 7.84. The standard InChI is InChI=1S/C48H56O26/c49-11-23-31(57)33(59)35(61)45(67-23)71-43-29-17(5-7-65-43)37(39-47(29,13-51)73-39)69-41(63)27-25(15-1-3-19(53)21(55)9-15)28(26(27)16-2-4-20(54)22(56)10-16)42(64)70-38-18-6-8-66-44(30(18)48(14-52)40(38)74-48)72-46-36(62)34(60)32(58)24(12-50)68-46/h1-10,17-18,23-40,43-46,49-62H,11-14H2/t17-,18-,23-,24-,25?,26?,27?,28?,29-,30-,31-,32-,33+,34+,35-,36-,37+,38+,39+,40+,43+,44+,45+,46+,47-,48-/m1/s1. The van der Waals surface area contributed by atoms with Crippen LogP contribution in [0.15, 0.2) is 61.1 Å². The van der Waals surface area contributed by atoms with Gasteiger partial charge in [0.15, 0.2) is 35.6 Å². The molecule has 2 aromatic rings. The first-order valence-electron chi connectivity index (χ1n) is 24.0. The van der Waals surface area contributed by atoms with Crippen LogP contribution in [-0.2, 0) is 57.0 Å². The van der Waals surface area contributed by atoms with E-state index in [1.54, 1.807) is 12.2 Å². The average Bonchev–Trinajstić information content (AvgIpc) is 4.32. The van der Waals surface area contributed by atoms with Gasteiger partial charge < -0.3 is 119 Å². The maximum Gasteiger partial charge on any atom is 0.310 e. The highest BCUT2D eigenvalue weighted by molar-refractivity contribution is 5.86. The Hall–Kier alpha value is -4.98. The number of aliphatic hydroxyl groups is 10. The summed E-state index contributed by atoms with van der Waals surface area (Å²) < 4.78 is 59.4. The monoisotopic (exact) mass is 1050 g/mol. The molecule has 6 heterocycles. The lowest BCUT2D eigenvalue weighted by Gasteiger charge is -2.50. The summed E-state index contributed by atoms with van der Waals surface area (Å²) in [7, 11) is 0. The van der Waals surface area contributed by atoms with Crippen molar-refractivity contribution < 1.29 is 128 Å². The molecule has 3 aliphatic carbocycles. The number of phenolic OH excluding ortho intramolecular Hbond substituents is 4. The molecule has 7 fully saturated rings. The zero-order chi connectivity index (χ0) is 52.4. The SMILES string of the molecule is O=C(O[C@H]1[C@@H]2C=CO[C@@H](O[C@@H]3O[C@H](CO)[C@@H](O)[C@H](O)[C@H]3O)[C@@H]2[C@@]2(CO)O[C@@H]12)C1C(c2ccc(O)c(O)c2)C(C(=O)O[C@H]2[C@@H]3C=CO[C@@H](O[C@@H]4O[C@H](CO)[C@@H](O)[C@H](O)[C@H]4O)[C@@H]3[C@@]3(CO)O[C@@H]23)C1c1ccc(O)c(O)c1. The number of carbonyl (C=O) groups excluding carboxylic acids is 2. The summed E-state index contributed by atoms with van der Waals surface area (Å²) in [5.74, 6) is -13.0. The van der Waals surface area contributed by atoms with Crippen molar-refractivity contribution in [2.75, 3.05) is 26.4 Å². The number of rotatable bonds is 14. The zero-order valence-corrected chi connectivity index (χ0v) is 38.6. The topological polar surface area (TPSA) is 416 Å². The van der Waals surface area contributed by atoms with Gasteiger partial charge in [0.1, 0.15) is 84.4 Å². The van der Waals surface area contributed by atoms with Crippen LogP contribution in [0.3, 0.4) is 0 Å². The number of benzene rings is 2. The second-order valence-electron chi connectivity index (χ2n) is 20.2. The van der Waals surface area contributed by atoms with Crippen LogP contribution in [0.25, 0.3) is 0 Å². The smallest absolute Gasteiger partial charge is 0.310 e. The molecule has 26 nitrogen and oxygen atoms in total. The second-order valence-corrected chi connectivity index (χ2v) is 20.2. The minimum Gasteiger partial charge on any atom is -0.504 e. The van der Waals surface area contributed by atoms with Crippen LogP contribution in [0.4, 0.5) is 0 Å². The molecule has 0 spiro atoms. The molecule has 11 rings (SSSR count). The number of hydrogen-bond donors (Lipinski definition) is 14. The lowest BCUT2D eigenvalue weighted by molar-refractivity contribution is -0.344. The van der Waals surface area contributed by atoms with E-state index < -0.39 is 218 Å². The van der Waals surface area contributed by atoms with E-state index in [-0.39, 0.29) is 11.1 Å². The summed E-state index contributed by atoms with van der Waals surface area (Å²) in [6, 6.07) is 7.32. The van der Waals surface area contributed by atoms with Gasteiger partial charge in [0, 0.05) is 23.7 Å². The molecule has 404 valence electrons. The highest BCUT2D eigenvalue weighted by atomic mass is 16.8. The molecule has 26 heteroatoms. The van der Waals surface area contributed by atoms with E-state index in [0.29, 0.717) is 0 Å². The van der Waals surface area contributed by atoms with Crippen LogP contribution < -0.4 is 0 Å². The van der Waals surface area contributed by atoms with E-state index in [1.807, 2.05) is 0 Å². The summed E-state index contributed by atoms with van der Waals surface area (Å²) in [4.78, 5) is 30.2. The molecule has 0 amide bonds.